The third kappa shape index (κ3) is 3.48. The molecule has 0 aliphatic heterocycles. The number of methoxy groups -OCH3 is 1. The number of carboxylic acid groups (broad SMARTS) is 1. The topological polar surface area (TPSA) is 88.8 Å². The second-order valence-corrected chi connectivity index (χ2v) is 9.18. The first-order chi connectivity index (χ1) is 16.3. The van der Waals surface area contributed by atoms with Crippen LogP contribution in [0, 0.1) is 11.6 Å². The van der Waals surface area contributed by atoms with Gasteiger partial charge in [-0.2, -0.15) is 0 Å². The number of pyridine rings is 1. The van der Waals surface area contributed by atoms with Crippen molar-refractivity contribution < 1.29 is 28.5 Å². The number of ether oxygens (including phenoxy) is 1. The van der Waals surface area contributed by atoms with E-state index in [-0.39, 0.29) is 22.3 Å². The number of thiophene rings is 1. The van der Waals surface area contributed by atoms with E-state index in [1.807, 2.05) is 6.07 Å². The number of aromatic nitrogens is 1. The number of aliphatic hydroxyl groups excluding tert-OH is 1. The largest absolute Gasteiger partial charge is 0.494 e. The van der Waals surface area contributed by atoms with Gasteiger partial charge in [-0.15, -0.1) is 11.3 Å². The molecular weight excluding hydrogens is 464 g/mol. The summed E-state index contributed by atoms with van der Waals surface area (Å²) in [6.45, 7) is 0. The fourth-order valence-electron chi connectivity index (χ4n) is 4.48. The minimum Gasteiger partial charge on any atom is -0.494 e. The summed E-state index contributed by atoms with van der Waals surface area (Å²) in [4.78, 5) is 26.4. The SMILES string of the molecule is COc1c(-c2cc3c(s2)C(O)CCC3)ccc2c(=O)c(C(=O)O)cn(-c3ccc(F)cc3F)c12. The number of rotatable bonds is 4. The molecule has 4 aromatic rings. The molecule has 1 aliphatic rings. The maximum absolute atomic E-state index is 14.8. The van der Waals surface area contributed by atoms with Gasteiger partial charge in [-0.3, -0.25) is 4.79 Å². The van der Waals surface area contributed by atoms with Crippen LogP contribution in [0.5, 0.6) is 5.75 Å². The van der Waals surface area contributed by atoms with Crippen molar-refractivity contribution in [3.63, 3.8) is 0 Å². The molecule has 2 heterocycles. The lowest BCUT2D eigenvalue weighted by Crippen LogP contribution is -2.19. The van der Waals surface area contributed by atoms with E-state index < -0.39 is 34.7 Å². The molecule has 0 bridgehead atoms. The van der Waals surface area contributed by atoms with Crippen molar-refractivity contribution in [3.8, 4) is 21.9 Å². The molecule has 1 aliphatic carbocycles. The van der Waals surface area contributed by atoms with E-state index in [1.165, 1.54) is 35.1 Å². The number of carbonyl (C=O) groups is 1. The zero-order valence-corrected chi connectivity index (χ0v) is 18.8. The Bertz CT molecular complexity index is 1520. The van der Waals surface area contributed by atoms with Crippen LogP contribution in [0.2, 0.25) is 0 Å². The molecule has 0 saturated carbocycles. The van der Waals surface area contributed by atoms with E-state index in [0.717, 1.165) is 40.4 Å². The number of aromatic carboxylic acids is 1. The average molecular weight is 483 g/mol. The highest BCUT2D eigenvalue weighted by atomic mass is 32.1. The predicted octanol–water partition coefficient (Wildman–Crippen LogP) is 5.07. The number of hydrogen-bond donors (Lipinski definition) is 2. The summed E-state index contributed by atoms with van der Waals surface area (Å²) in [6.07, 6.45) is 2.88. The monoisotopic (exact) mass is 483 g/mol. The Hall–Kier alpha value is -3.56. The zero-order valence-electron chi connectivity index (χ0n) is 18.0. The maximum Gasteiger partial charge on any atom is 0.341 e. The minimum absolute atomic E-state index is 0.0191. The van der Waals surface area contributed by atoms with Crippen LogP contribution in [0.25, 0.3) is 27.0 Å². The number of benzene rings is 2. The van der Waals surface area contributed by atoms with Crippen LogP contribution in [-0.2, 0) is 6.42 Å². The van der Waals surface area contributed by atoms with Crippen LogP contribution >= 0.6 is 11.3 Å². The highest BCUT2D eigenvalue weighted by Crippen LogP contribution is 2.45. The van der Waals surface area contributed by atoms with Crippen LogP contribution < -0.4 is 10.2 Å². The Morgan fingerprint density at radius 3 is 2.68 bits per heavy atom. The van der Waals surface area contributed by atoms with Crippen LogP contribution in [0.15, 0.2) is 47.4 Å². The van der Waals surface area contributed by atoms with Crippen molar-refractivity contribution in [3.05, 3.63) is 80.5 Å². The molecule has 0 fully saturated rings. The van der Waals surface area contributed by atoms with E-state index in [4.69, 9.17) is 4.74 Å². The quantitative estimate of drug-likeness (QED) is 0.423. The van der Waals surface area contributed by atoms with Crippen LogP contribution in [-0.4, -0.2) is 27.9 Å². The molecule has 0 spiro atoms. The van der Waals surface area contributed by atoms with Crippen molar-refractivity contribution in [2.24, 2.45) is 0 Å². The fraction of sp³-hybridized carbons (Fsp3) is 0.200. The lowest BCUT2D eigenvalue weighted by Gasteiger charge is -2.18. The lowest BCUT2D eigenvalue weighted by molar-refractivity contribution is 0.0695. The first-order valence-electron chi connectivity index (χ1n) is 10.6. The highest BCUT2D eigenvalue weighted by molar-refractivity contribution is 7.15. The van der Waals surface area contributed by atoms with Crippen molar-refractivity contribution in [1.82, 2.24) is 4.57 Å². The molecule has 9 heteroatoms. The van der Waals surface area contributed by atoms with Gasteiger partial charge < -0.3 is 19.5 Å². The fourth-order valence-corrected chi connectivity index (χ4v) is 5.74. The van der Waals surface area contributed by atoms with Gasteiger partial charge in [-0.05, 0) is 55.2 Å². The predicted molar refractivity (Wildman–Crippen MR) is 124 cm³/mol. The number of aliphatic hydroxyl groups is 1. The minimum atomic E-state index is -1.47. The molecule has 2 aromatic heterocycles. The van der Waals surface area contributed by atoms with Gasteiger partial charge in [0.2, 0.25) is 5.43 Å². The Balaban J connectivity index is 1.86. The summed E-state index contributed by atoms with van der Waals surface area (Å²) in [5.74, 6) is -2.95. The first-order valence-corrected chi connectivity index (χ1v) is 11.4. The molecule has 0 saturated heterocycles. The van der Waals surface area contributed by atoms with Crippen molar-refractivity contribution in [1.29, 1.82) is 0 Å². The number of halogens is 2. The molecule has 1 unspecified atom stereocenters. The summed E-state index contributed by atoms with van der Waals surface area (Å²) in [7, 11) is 1.40. The van der Waals surface area contributed by atoms with Gasteiger partial charge >= 0.3 is 5.97 Å². The smallest absolute Gasteiger partial charge is 0.341 e. The Kier molecular flexibility index (Phi) is 5.45. The van der Waals surface area contributed by atoms with Crippen LogP contribution in [0.4, 0.5) is 8.78 Å². The normalized spacial score (nSPS) is 15.4. The average Bonchev–Trinajstić information content (AvgIpc) is 3.24. The van der Waals surface area contributed by atoms with Gasteiger partial charge in [0, 0.05) is 27.6 Å². The molecule has 1 atom stereocenters. The Labute approximate surface area is 196 Å². The van der Waals surface area contributed by atoms with Crippen molar-refractivity contribution in [2.75, 3.05) is 7.11 Å². The summed E-state index contributed by atoms with van der Waals surface area (Å²) in [5.41, 5.74) is 0.384. The van der Waals surface area contributed by atoms with Gasteiger partial charge in [-0.1, -0.05) is 0 Å². The van der Waals surface area contributed by atoms with Crippen molar-refractivity contribution in [2.45, 2.75) is 25.4 Å². The molecule has 2 aromatic carbocycles. The summed E-state index contributed by atoms with van der Waals surface area (Å²) >= 11 is 1.42. The van der Waals surface area contributed by atoms with E-state index in [2.05, 4.69) is 0 Å². The summed E-state index contributed by atoms with van der Waals surface area (Å²) in [6, 6.07) is 8.02. The van der Waals surface area contributed by atoms with Crippen LogP contribution in [0.1, 0.15) is 39.7 Å². The highest BCUT2D eigenvalue weighted by Gasteiger charge is 2.25. The third-order valence-corrected chi connectivity index (χ3v) is 7.37. The van der Waals surface area contributed by atoms with Gasteiger partial charge in [-0.25, -0.2) is 13.6 Å². The molecular formula is C25H19F2NO5S. The molecule has 174 valence electrons. The van der Waals surface area contributed by atoms with Gasteiger partial charge in [0.1, 0.15) is 22.7 Å². The van der Waals surface area contributed by atoms with Crippen molar-refractivity contribution >= 4 is 28.2 Å². The molecule has 5 rings (SSSR count). The number of hydrogen-bond acceptors (Lipinski definition) is 5. The Morgan fingerprint density at radius 2 is 2.00 bits per heavy atom. The third-order valence-electron chi connectivity index (χ3n) is 6.06. The maximum atomic E-state index is 14.8. The molecule has 6 nitrogen and oxygen atoms in total. The molecule has 2 N–H and O–H groups in total. The number of aryl methyl sites for hydroxylation is 1. The van der Waals surface area contributed by atoms with Gasteiger partial charge in [0.05, 0.1) is 24.3 Å². The van der Waals surface area contributed by atoms with E-state index in [9.17, 15) is 28.6 Å². The van der Waals surface area contributed by atoms with Gasteiger partial charge in [0.15, 0.2) is 5.75 Å². The van der Waals surface area contributed by atoms with E-state index >= 15 is 0 Å². The standard InChI is InChI=1S/C25H19F2NO5S/c1-33-23-14(20-9-12-3-2-4-19(29)24(12)34-20)6-7-15-21(23)28(11-16(22(15)30)25(31)32)18-8-5-13(26)10-17(18)27/h5-11,19,29H,2-4H2,1H3,(H,31,32). The number of nitrogens with zero attached hydrogens (tertiary/aromatic N) is 1. The zero-order chi connectivity index (χ0) is 24.1. The second-order valence-electron chi connectivity index (χ2n) is 8.09. The van der Waals surface area contributed by atoms with E-state index in [0.29, 0.717) is 18.1 Å². The van der Waals surface area contributed by atoms with E-state index in [1.54, 1.807) is 6.07 Å². The lowest BCUT2D eigenvalue weighted by atomic mass is 9.96. The molecule has 0 radical (unpaired) electrons. The van der Waals surface area contributed by atoms with Crippen LogP contribution in [0.3, 0.4) is 0 Å². The molecule has 0 amide bonds. The second kappa shape index (κ2) is 8.34. The summed E-state index contributed by atoms with van der Waals surface area (Å²) < 4.78 is 35.3. The summed E-state index contributed by atoms with van der Waals surface area (Å²) in [5, 5.41) is 20.0. The molecule has 34 heavy (non-hydrogen) atoms. The Morgan fingerprint density at radius 1 is 1.21 bits per heavy atom. The number of fused-ring (bicyclic) bond motifs is 2. The van der Waals surface area contributed by atoms with Gasteiger partial charge in [0.25, 0.3) is 0 Å². The first kappa shape index (κ1) is 22.2. The number of carboxylic acids is 1.